The van der Waals surface area contributed by atoms with E-state index in [9.17, 15) is 24.8 Å². The molecule has 1 aromatic heterocycles. The Bertz CT molecular complexity index is 611. The number of carboxylic acids is 1. The lowest BCUT2D eigenvalue weighted by Crippen LogP contribution is -2.48. The highest BCUT2D eigenvalue weighted by molar-refractivity contribution is 8.01. The zero-order valence-corrected chi connectivity index (χ0v) is 12.4. The van der Waals surface area contributed by atoms with E-state index < -0.39 is 38.8 Å². The molecule has 1 aliphatic heterocycles. The van der Waals surface area contributed by atoms with Crippen molar-refractivity contribution in [2.75, 3.05) is 0 Å². The molecule has 21 heavy (non-hydrogen) atoms. The Hall–Kier alpha value is -2.03. The quantitative estimate of drug-likeness (QED) is 0.670. The van der Waals surface area contributed by atoms with Crippen molar-refractivity contribution in [2.45, 2.75) is 36.9 Å². The van der Waals surface area contributed by atoms with Crippen LogP contribution in [0.5, 0.6) is 0 Å². The number of carboxylic acid groups (broad SMARTS) is 1. The Balaban J connectivity index is 2.44. The molecule has 0 radical (unpaired) electrons. The molecule has 2 heterocycles. The zero-order chi connectivity index (χ0) is 15.9. The minimum absolute atomic E-state index is 0.193. The minimum Gasteiger partial charge on any atom is -0.480 e. The summed E-state index contributed by atoms with van der Waals surface area (Å²) in [5.74, 6) is -1.79. The van der Waals surface area contributed by atoms with E-state index >= 15 is 0 Å². The van der Waals surface area contributed by atoms with E-state index in [0.717, 1.165) is 0 Å². The maximum absolute atomic E-state index is 11.8. The van der Waals surface area contributed by atoms with Crippen molar-refractivity contribution in [3.63, 3.8) is 0 Å². The fourth-order valence-corrected chi connectivity index (χ4v) is 3.96. The van der Waals surface area contributed by atoms with Crippen molar-refractivity contribution >= 4 is 29.5 Å². The number of nitro groups is 1. The van der Waals surface area contributed by atoms with Gasteiger partial charge >= 0.3 is 11.9 Å². The van der Waals surface area contributed by atoms with Gasteiger partial charge in [-0.25, -0.2) is 4.79 Å². The number of rotatable bonds is 3. The van der Waals surface area contributed by atoms with Crippen molar-refractivity contribution in [1.29, 1.82) is 0 Å². The molecule has 1 saturated heterocycles. The molecule has 9 heteroatoms. The van der Waals surface area contributed by atoms with Crippen LogP contribution < -0.4 is 0 Å². The number of hydrogen-bond donors (Lipinski definition) is 1. The number of nitrogens with zero attached hydrogens (tertiary/aromatic N) is 2. The average Bonchev–Trinajstić information content (AvgIpc) is 2.90. The summed E-state index contributed by atoms with van der Waals surface area (Å²) < 4.78 is 4.38. The predicted molar refractivity (Wildman–Crippen MR) is 73.7 cm³/mol. The van der Waals surface area contributed by atoms with Gasteiger partial charge in [-0.2, -0.15) is 0 Å². The van der Waals surface area contributed by atoms with Crippen molar-refractivity contribution in [3.05, 3.63) is 28.0 Å². The lowest BCUT2D eigenvalue weighted by molar-refractivity contribution is -0.402. The first kappa shape index (κ1) is 15.4. The van der Waals surface area contributed by atoms with Gasteiger partial charge in [-0.05, 0) is 19.9 Å². The Kier molecular flexibility index (Phi) is 3.70. The fourth-order valence-electron chi connectivity index (χ4n) is 2.41. The molecule has 1 fully saturated rings. The lowest BCUT2D eigenvalue weighted by Gasteiger charge is -2.27. The number of carbonyl (C=O) groups is 2. The number of thioether (sulfide) groups is 1. The Morgan fingerprint density at radius 1 is 1.48 bits per heavy atom. The third-order valence-corrected chi connectivity index (χ3v) is 4.75. The fraction of sp³-hybridized carbons (Fsp3) is 0.500. The molecule has 0 aromatic carbocycles. The minimum atomic E-state index is -1.12. The summed E-state index contributed by atoms with van der Waals surface area (Å²) >= 11 is 1.23. The molecule has 114 valence electrons. The second-order valence-electron chi connectivity index (χ2n) is 5.17. The third-order valence-electron chi connectivity index (χ3n) is 3.24. The molecule has 0 bridgehead atoms. The van der Waals surface area contributed by atoms with Crippen LogP contribution >= 0.6 is 11.8 Å². The molecule has 1 N–H and O–H groups in total. The SMILES string of the molecule is CC(=O)N1[C@@H](c2ccc([N+](=O)[O-])o2)SC(C)(C)[C@@H]1C(=O)O. The van der Waals surface area contributed by atoms with Crippen LogP contribution in [0.2, 0.25) is 0 Å². The van der Waals surface area contributed by atoms with Gasteiger partial charge in [0.05, 0.1) is 6.07 Å². The Morgan fingerprint density at radius 2 is 2.10 bits per heavy atom. The first-order valence-corrected chi connectivity index (χ1v) is 6.97. The number of aliphatic carboxylic acids is 1. The van der Waals surface area contributed by atoms with E-state index in [1.165, 1.54) is 35.7 Å². The zero-order valence-electron chi connectivity index (χ0n) is 11.6. The van der Waals surface area contributed by atoms with Gasteiger partial charge in [-0.1, -0.05) is 0 Å². The molecular weight excluding hydrogens is 300 g/mol. The standard InChI is InChI=1S/C12H14N2O6S/c1-6(15)13-9(11(16)17)12(2,3)21-10(13)7-4-5-8(20-7)14(18)19/h4-5,9-10H,1-3H3,(H,16,17)/t9-,10+/m0/s1. The van der Waals surface area contributed by atoms with E-state index in [2.05, 4.69) is 0 Å². The van der Waals surface area contributed by atoms with E-state index in [-0.39, 0.29) is 5.76 Å². The first-order valence-electron chi connectivity index (χ1n) is 6.09. The maximum Gasteiger partial charge on any atom is 0.433 e. The normalized spacial score (nSPS) is 24.0. The summed E-state index contributed by atoms with van der Waals surface area (Å²) in [6, 6.07) is 1.55. The number of amides is 1. The van der Waals surface area contributed by atoms with Gasteiger partial charge in [0.15, 0.2) is 0 Å². The maximum atomic E-state index is 11.8. The second kappa shape index (κ2) is 5.06. The molecule has 0 saturated carbocycles. The lowest BCUT2D eigenvalue weighted by atomic mass is 10.0. The summed E-state index contributed by atoms with van der Waals surface area (Å²) in [4.78, 5) is 34.5. The summed E-state index contributed by atoms with van der Waals surface area (Å²) in [6.07, 6.45) is 0. The molecule has 1 aliphatic rings. The summed E-state index contributed by atoms with van der Waals surface area (Å²) in [5, 5.41) is 19.4. The summed E-state index contributed by atoms with van der Waals surface area (Å²) in [6.45, 7) is 4.69. The smallest absolute Gasteiger partial charge is 0.433 e. The van der Waals surface area contributed by atoms with E-state index in [1.807, 2.05) is 0 Å². The molecule has 2 rings (SSSR count). The monoisotopic (exact) mass is 314 g/mol. The van der Waals surface area contributed by atoms with Crippen molar-refractivity contribution in [1.82, 2.24) is 4.90 Å². The largest absolute Gasteiger partial charge is 0.480 e. The molecule has 0 aliphatic carbocycles. The van der Waals surface area contributed by atoms with Crippen LogP contribution in [-0.4, -0.2) is 37.6 Å². The van der Waals surface area contributed by atoms with Crippen molar-refractivity contribution in [2.24, 2.45) is 0 Å². The molecular formula is C12H14N2O6S. The summed E-state index contributed by atoms with van der Waals surface area (Å²) in [5.41, 5.74) is 0. The van der Waals surface area contributed by atoms with Crippen molar-refractivity contribution in [3.8, 4) is 0 Å². The van der Waals surface area contributed by atoms with Gasteiger partial charge in [0.25, 0.3) is 0 Å². The third kappa shape index (κ3) is 2.60. The van der Waals surface area contributed by atoms with E-state index in [1.54, 1.807) is 13.8 Å². The highest BCUT2D eigenvalue weighted by Gasteiger charge is 2.54. The average molecular weight is 314 g/mol. The molecule has 8 nitrogen and oxygen atoms in total. The van der Waals surface area contributed by atoms with Gasteiger partial charge in [0.2, 0.25) is 5.91 Å². The van der Waals surface area contributed by atoms with Gasteiger partial charge < -0.3 is 14.4 Å². The molecule has 2 atom stereocenters. The van der Waals surface area contributed by atoms with Crippen molar-refractivity contribution < 1.29 is 24.0 Å². The van der Waals surface area contributed by atoms with Gasteiger partial charge in [0, 0.05) is 11.7 Å². The Morgan fingerprint density at radius 3 is 2.52 bits per heavy atom. The Labute approximate surface area is 124 Å². The topological polar surface area (TPSA) is 114 Å². The molecule has 0 unspecified atom stereocenters. The summed E-state index contributed by atoms with van der Waals surface area (Å²) in [7, 11) is 0. The molecule has 1 aromatic rings. The highest BCUT2D eigenvalue weighted by atomic mass is 32.2. The molecule has 0 spiro atoms. The van der Waals surface area contributed by atoms with Gasteiger partial charge in [-0.3, -0.25) is 14.9 Å². The van der Waals surface area contributed by atoms with E-state index in [0.29, 0.717) is 0 Å². The molecule has 1 amide bonds. The predicted octanol–water partition coefficient (Wildman–Crippen LogP) is 2.01. The van der Waals surface area contributed by atoms with Crippen LogP contribution in [0.4, 0.5) is 5.88 Å². The number of hydrogen-bond acceptors (Lipinski definition) is 6. The van der Waals surface area contributed by atoms with Gasteiger partial charge in [0.1, 0.15) is 22.1 Å². The van der Waals surface area contributed by atoms with E-state index in [4.69, 9.17) is 4.42 Å². The first-order chi connectivity index (χ1) is 9.65. The number of carbonyl (C=O) groups excluding carboxylic acids is 1. The van der Waals surface area contributed by atoms with Crippen LogP contribution in [0.15, 0.2) is 16.5 Å². The van der Waals surface area contributed by atoms with Crippen LogP contribution in [0, 0.1) is 10.1 Å². The second-order valence-corrected chi connectivity index (χ2v) is 6.91. The number of furan rings is 1. The van der Waals surface area contributed by atoms with Crippen LogP contribution in [-0.2, 0) is 9.59 Å². The van der Waals surface area contributed by atoms with Crippen LogP contribution in [0.3, 0.4) is 0 Å². The van der Waals surface area contributed by atoms with Gasteiger partial charge in [-0.15, -0.1) is 11.8 Å². The van der Waals surface area contributed by atoms with Crippen LogP contribution in [0.25, 0.3) is 0 Å². The highest BCUT2D eigenvalue weighted by Crippen LogP contribution is 2.52. The van der Waals surface area contributed by atoms with Crippen LogP contribution in [0.1, 0.15) is 31.9 Å².